The third-order valence-corrected chi connectivity index (χ3v) is 7.96. The maximum Gasteiger partial charge on any atom is 0.254 e. The Kier molecular flexibility index (Phi) is 13.3. The SMILES string of the molecule is CC(=O)NCCC(=O)NCCCCC(NC(=O)c1c[nH]c2ccccc12)C(=O)N[C@H](Cc1ccccc1)C(=O)N(C)Cc1ccccc1. The number of nitrogens with zero attached hydrogens (tertiary/aromatic N) is 1. The largest absolute Gasteiger partial charge is 0.360 e. The lowest BCUT2D eigenvalue weighted by molar-refractivity contribution is -0.136. The molecule has 252 valence electrons. The molecule has 1 heterocycles. The van der Waals surface area contributed by atoms with Crippen molar-refractivity contribution < 1.29 is 24.0 Å². The molecule has 0 aliphatic rings. The predicted octanol–water partition coefficient (Wildman–Crippen LogP) is 3.47. The number of carbonyl (C=O) groups excluding carboxylic acids is 5. The van der Waals surface area contributed by atoms with Crippen molar-refractivity contribution in [2.75, 3.05) is 20.1 Å². The quantitative estimate of drug-likeness (QED) is 0.111. The molecule has 5 amide bonds. The lowest BCUT2D eigenvalue weighted by Crippen LogP contribution is -2.54. The Balaban J connectivity index is 1.46. The Morgan fingerprint density at radius 1 is 0.750 bits per heavy atom. The molecule has 0 aliphatic heterocycles. The lowest BCUT2D eigenvalue weighted by atomic mass is 10.0. The second kappa shape index (κ2) is 18.0. The second-order valence-corrected chi connectivity index (χ2v) is 11.8. The smallest absolute Gasteiger partial charge is 0.254 e. The Morgan fingerprint density at radius 3 is 2.12 bits per heavy atom. The number of para-hydroxylation sites is 1. The molecule has 3 aromatic carbocycles. The first-order valence-corrected chi connectivity index (χ1v) is 16.2. The summed E-state index contributed by atoms with van der Waals surface area (Å²) in [6.45, 7) is 2.40. The van der Waals surface area contributed by atoms with Crippen LogP contribution in [-0.4, -0.2) is 71.6 Å². The first-order chi connectivity index (χ1) is 23.2. The molecule has 0 aliphatic carbocycles. The number of amides is 5. The summed E-state index contributed by atoms with van der Waals surface area (Å²) in [5, 5.41) is 12.0. The van der Waals surface area contributed by atoms with E-state index in [1.165, 1.54) is 6.92 Å². The Bertz CT molecular complexity index is 1670. The van der Waals surface area contributed by atoms with Crippen LogP contribution in [0.5, 0.6) is 0 Å². The van der Waals surface area contributed by atoms with Crippen molar-refractivity contribution in [2.24, 2.45) is 0 Å². The number of rotatable bonds is 17. The van der Waals surface area contributed by atoms with E-state index in [0.717, 1.165) is 22.0 Å². The van der Waals surface area contributed by atoms with Crippen molar-refractivity contribution in [3.8, 4) is 0 Å². The summed E-state index contributed by atoms with van der Waals surface area (Å²) in [5.41, 5.74) is 3.06. The molecule has 0 radical (unpaired) electrons. The van der Waals surface area contributed by atoms with Gasteiger partial charge in [-0.2, -0.15) is 0 Å². The molecule has 5 N–H and O–H groups in total. The van der Waals surface area contributed by atoms with Crippen LogP contribution in [-0.2, 0) is 32.1 Å². The number of aromatic nitrogens is 1. The number of aromatic amines is 1. The number of likely N-dealkylation sites (N-methyl/N-ethyl adjacent to an activating group) is 1. The van der Waals surface area contributed by atoms with Gasteiger partial charge in [-0.15, -0.1) is 0 Å². The molecular formula is C37H44N6O5. The topological polar surface area (TPSA) is 152 Å². The highest BCUT2D eigenvalue weighted by Crippen LogP contribution is 2.18. The zero-order valence-corrected chi connectivity index (χ0v) is 27.5. The van der Waals surface area contributed by atoms with Crippen molar-refractivity contribution in [3.05, 3.63) is 108 Å². The molecule has 0 fully saturated rings. The molecule has 0 spiro atoms. The van der Waals surface area contributed by atoms with Gasteiger partial charge in [0.15, 0.2) is 0 Å². The van der Waals surface area contributed by atoms with Gasteiger partial charge in [0.05, 0.1) is 5.56 Å². The molecule has 11 heteroatoms. The predicted molar refractivity (Wildman–Crippen MR) is 185 cm³/mol. The van der Waals surface area contributed by atoms with Crippen molar-refractivity contribution >= 4 is 40.4 Å². The summed E-state index contributed by atoms with van der Waals surface area (Å²) in [6, 6.07) is 24.7. The number of H-pyrrole nitrogens is 1. The lowest BCUT2D eigenvalue weighted by Gasteiger charge is -2.27. The zero-order chi connectivity index (χ0) is 34.3. The highest BCUT2D eigenvalue weighted by atomic mass is 16.2. The molecule has 1 unspecified atom stereocenters. The fraction of sp³-hybridized carbons (Fsp3) is 0.324. The van der Waals surface area contributed by atoms with Gasteiger partial charge in [-0.05, 0) is 36.5 Å². The standard InChI is InChI=1S/C37H44N6O5/c1-26(44)38-22-20-34(45)39-21-12-11-19-32(41-35(46)30-24-40-31-18-10-9-17-29(30)31)36(47)42-33(23-27-13-5-3-6-14-27)37(48)43(2)25-28-15-7-4-8-16-28/h3-10,13-18,24,32-33,40H,11-12,19-23,25H2,1-2H3,(H,38,44)(H,39,45)(H,41,46)(H,42,47)/t32?,33-/m1/s1. The Labute approximate surface area is 280 Å². The van der Waals surface area contributed by atoms with E-state index in [2.05, 4.69) is 26.3 Å². The van der Waals surface area contributed by atoms with Crippen molar-refractivity contribution in [3.63, 3.8) is 0 Å². The molecule has 0 saturated carbocycles. The van der Waals surface area contributed by atoms with Crippen LogP contribution in [0.3, 0.4) is 0 Å². The third-order valence-electron chi connectivity index (χ3n) is 7.96. The van der Waals surface area contributed by atoms with Crippen molar-refractivity contribution in [1.82, 2.24) is 31.2 Å². The van der Waals surface area contributed by atoms with Gasteiger partial charge in [0.2, 0.25) is 23.6 Å². The first-order valence-electron chi connectivity index (χ1n) is 16.2. The van der Waals surface area contributed by atoms with E-state index in [9.17, 15) is 24.0 Å². The van der Waals surface area contributed by atoms with Gasteiger partial charge in [-0.1, -0.05) is 78.9 Å². The maximum absolute atomic E-state index is 13.9. The third kappa shape index (κ3) is 10.8. The van der Waals surface area contributed by atoms with Gasteiger partial charge in [-0.25, -0.2) is 0 Å². The molecule has 2 atom stereocenters. The Hall–Kier alpha value is -5.45. The molecule has 0 saturated heterocycles. The summed E-state index contributed by atoms with van der Waals surface area (Å²) in [6.07, 6.45) is 3.42. The van der Waals surface area contributed by atoms with E-state index in [0.29, 0.717) is 31.5 Å². The van der Waals surface area contributed by atoms with Crippen LogP contribution in [0.15, 0.2) is 91.1 Å². The molecule has 4 aromatic rings. The number of unbranched alkanes of at least 4 members (excludes halogenated alkanes) is 1. The molecule has 48 heavy (non-hydrogen) atoms. The molecule has 0 bridgehead atoms. The van der Waals surface area contributed by atoms with Crippen molar-refractivity contribution in [1.29, 1.82) is 0 Å². The molecule has 11 nitrogen and oxygen atoms in total. The molecule has 4 rings (SSSR count). The average molecular weight is 653 g/mol. The fourth-order valence-corrected chi connectivity index (χ4v) is 5.43. The Morgan fingerprint density at radius 2 is 1.42 bits per heavy atom. The van der Waals surface area contributed by atoms with E-state index in [-0.39, 0.29) is 43.5 Å². The minimum Gasteiger partial charge on any atom is -0.360 e. The second-order valence-electron chi connectivity index (χ2n) is 11.8. The van der Waals surface area contributed by atoms with E-state index >= 15 is 0 Å². The summed E-state index contributed by atoms with van der Waals surface area (Å²) in [5.74, 6) is -1.51. The van der Waals surface area contributed by atoms with Gasteiger partial charge in [0, 0.05) is 63.5 Å². The van der Waals surface area contributed by atoms with Gasteiger partial charge < -0.3 is 31.2 Å². The van der Waals surface area contributed by atoms with Crippen LogP contribution in [0.2, 0.25) is 0 Å². The highest BCUT2D eigenvalue weighted by Gasteiger charge is 2.29. The van der Waals surface area contributed by atoms with E-state index in [1.54, 1.807) is 18.1 Å². The van der Waals surface area contributed by atoms with Crippen molar-refractivity contribution in [2.45, 2.75) is 57.7 Å². The van der Waals surface area contributed by atoms with Crippen LogP contribution in [0.1, 0.15) is 54.1 Å². The van der Waals surface area contributed by atoms with Crippen LogP contribution in [0, 0.1) is 0 Å². The summed E-state index contributed by atoms with van der Waals surface area (Å²) in [7, 11) is 1.71. The molecule has 1 aromatic heterocycles. The van der Waals surface area contributed by atoms with E-state index in [4.69, 9.17) is 0 Å². The number of nitrogens with one attached hydrogen (secondary N) is 5. The summed E-state index contributed by atoms with van der Waals surface area (Å²) >= 11 is 0. The normalized spacial score (nSPS) is 12.0. The van der Waals surface area contributed by atoms with Gasteiger partial charge in [-0.3, -0.25) is 24.0 Å². The summed E-state index contributed by atoms with van der Waals surface area (Å²) in [4.78, 5) is 69.1. The minimum absolute atomic E-state index is 0.167. The monoisotopic (exact) mass is 652 g/mol. The highest BCUT2D eigenvalue weighted by molar-refractivity contribution is 6.08. The van der Waals surface area contributed by atoms with E-state index in [1.807, 2.05) is 84.9 Å². The number of carbonyl (C=O) groups is 5. The van der Waals surface area contributed by atoms with Gasteiger partial charge >= 0.3 is 0 Å². The van der Waals surface area contributed by atoms with Gasteiger partial charge in [0.25, 0.3) is 5.91 Å². The number of hydrogen-bond donors (Lipinski definition) is 5. The average Bonchev–Trinajstić information content (AvgIpc) is 3.52. The fourth-order valence-electron chi connectivity index (χ4n) is 5.43. The van der Waals surface area contributed by atoms with E-state index < -0.39 is 23.9 Å². The molecular weight excluding hydrogens is 608 g/mol. The first kappa shape index (κ1) is 35.4. The number of hydrogen-bond acceptors (Lipinski definition) is 5. The minimum atomic E-state index is -0.938. The zero-order valence-electron chi connectivity index (χ0n) is 27.5. The maximum atomic E-state index is 13.9. The number of fused-ring (bicyclic) bond motifs is 1. The van der Waals surface area contributed by atoms with Crippen LogP contribution >= 0.6 is 0 Å². The number of benzene rings is 3. The van der Waals surface area contributed by atoms with Gasteiger partial charge in [0.1, 0.15) is 12.1 Å². The van der Waals surface area contributed by atoms with Crippen LogP contribution < -0.4 is 21.3 Å². The van der Waals surface area contributed by atoms with Crippen LogP contribution in [0.25, 0.3) is 10.9 Å². The summed E-state index contributed by atoms with van der Waals surface area (Å²) < 4.78 is 0. The van der Waals surface area contributed by atoms with Crippen LogP contribution in [0.4, 0.5) is 0 Å².